The average molecular weight is 585 g/mol. The topological polar surface area (TPSA) is 132 Å². The fourth-order valence-corrected chi connectivity index (χ4v) is 6.24. The third-order valence-electron chi connectivity index (χ3n) is 7.79. The van der Waals surface area contributed by atoms with E-state index in [-0.39, 0.29) is 23.3 Å². The van der Waals surface area contributed by atoms with Crippen LogP contribution in [-0.2, 0) is 11.3 Å². The molecule has 4 N–H and O–H groups in total. The molecule has 9 nitrogen and oxygen atoms in total. The highest BCUT2D eigenvalue weighted by molar-refractivity contribution is 7.22. The number of aliphatic hydroxyl groups is 1. The minimum absolute atomic E-state index is 0.0163. The van der Waals surface area contributed by atoms with Gasteiger partial charge in [-0.1, -0.05) is 44.2 Å². The first kappa shape index (κ1) is 30.4. The van der Waals surface area contributed by atoms with E-state index in [1.54, 1.807) is 24.3 Å². The number of amides is 3. The first-order valence-corrected chi connectivity index (χ1v) is 14.6. The van der Waals surface area contributed by atoms with Crippen LogP contribution >= 0.6 is 11.3 Å². The number of carboxylic acids is 1. The molecule has 1 aromatic heterocycles. The summed E-state index contributed by atoms with van der Waals surface area (Å²) in [5.41, 5.74) is 2.59. The number of rotatable bonds is 8. The van der Waals surface area contributed by atoms with Crippen LogP contribution < -0.4 is 10.6 Å². The van der Waals surface area contributed by atoms with Gasteiger partial charge in [-0.3, -0.25) is 10.1 Å². The number of nitrogens with zero attached hydrogens (tertiary/aromatic N) is 2. The number of fused-ring (bicyclic) bond motifs is 1. The third-order valence-corrected chi connectivity index (χ3v) is 8.91. The van der Waals surface area contributed by atoms with E-state index in [1.807, 2.05) is 11.8 Å². The highest BCUT2D eigenvalue weighted by atomic mass is 32.1. The molecule has 0 bridgehead atoms. The zero-order chi connectivity index (χ0) is 29.9. The number of benzene rings is 2. The summed E-state index contributed by atoms with van der Waals surface area (Å²) in [6.45, 7) is 8.47. The van der Waals surface area contributed by atoms with E-state index in [2.05, 4.69) is 36.4 Å². The minimum Gasteiger partial charge on any atom is -0.479 e. The number of halogens is 1. The van der Waals surface area contributed by atoms with Gasteiger partial charge in [0.25, 0.3) is 5.91 Å². The maximum atomic E-state index is 13.9. The van der Waals surface area contributed by atoms with Crippen LogP contribution in [-0.4, -0.2) is 56.7 Å². The van der Waals surface area contributed by atoms with Gasteiger partial charge >= 0.3 is 12.0 Å². The molecule has 11 heteroatoms. The van der Waals surface area contributed by atoms with Crippen molar-refractivity contribution in [3.63, 3.8) is 0 Å². The number of anilines is 1. The quantitative estimate of drug-likeness (QED) is 0.274. The number of carbonyl (C=O) groups is 3. The lowest BCUT2D eigenvalue weighted by Gasteiger charge is -2.41. The average Bonchev–Trinajstić information content (AvgIpc) is 3.32. The molecule has 0 aliphatic heterocycles. The van der Waals surface area contributed by atoms with Crippen LogP contribution in [0.25, 0.3) is 10.2 Å². The lowest BCUT2D eigenvalue weighted by molar-refractivity contribution is -0.146. The summed E-state index contributed by atoms with van der Waals surface area (Å²) < 4.78 is 14.7. The predicted octanol–water partition coefficient (Wildman–Crippen LogP) is 5.56. The number of nitrogens with one attached hydrogen (secondary N) is 2. The van der Waals surface area contributed by atoms with Crippen LogP contribution in [0.15, 0.2) is 36.4 Å². The molecule has 1 aliphatic rings. The van der Waals surface area contributed by atoms with Crippen LogP contribution in [0.3, 0.4) is 0 Å². The first-order valence-electron chi connectivity index (χ1n) is 13.7. The number of aliphatic hydroxyl groups excluding tert-OH is 1. The van der Waals surface area contributed by atoms with Crippen molar-refractivity contribution in [1.29, 1.82) is 0 Å². The van der Waals surface area contributed by atoms with Crippen molar-refractivity contribution >= 4 is 44.6 Å². The zero-order valence-electron chi connectivity index (χ0n) is 23.7. The summed E-state index contributed by atoms with van der Waals surface area (Å²) in [6.07, 6.45) is 2.08. The van der Waals surface area contributed by atoms with Crippen LogP contribution in [0.4, 0.5) is 14.3 Å². The molecule has 1 saturated carbocycles. The molecule has 1 atom stereocenters. The molecule has 3 amide bonds. The van der Waals surface area contributed by atoms with Crippen molar-refractivity contribution in [2.75, 3.05) is 11.9 Å². The lowest BCUT2D eigenvalue weighted by atomic mass is 9.71. The molecule has 0 saturated heterocycles. The molecule has 1 fully saturated rings. The molecule has 1 heterocycles. The van der Waals surface area contributed by atoms with Gasteiger partial charge in [-0.15, -0.1) is 0 Å². The number of thiazole rings is 1. The number of aromatic nitrogens is 1. The number of aryl methyl sites for hydroxylation is 1. The second-order valence-electron chi connectivity index (χ2n) is 11.8. The van der Waals surface area contributed by atoms with Gasteiger partial charge in [-0.25, -0.2) is 19.0 Å². The Morgan fingerprint density at radius 2 is 1.78 bits per heavy atom. The van der Waals surface area contributed by atoms with Gasteiger partial charge in [0.1, 0.15) is 5.82 Å². The summed E-state index contributed by atoms with van der Waals surface area (Å²) in [4.78, 5) is 43.1. The van der Waals surface area contributed by atoms with Crippen molar-refractivity contribution in [3.8, 4) is 0 Å². The number of hydrogen-bond donors (Lipinski definition) is 4. The fraction of sp³-hybridized carbons (Fsp3) is 0.467. The first-order chi connectivity index (χ1) is 19.3. The number of carboxylic acid groups (broad SMARTS) is 1. The Kier molecular flexibility index (Phi) is 9.28. The second-order valence-corrected chi connectivity index (χ2v) is 12.8. The molecule has 220 valence electrons. The van der Waals surface area contributed by atoms with Crippen LogP contribution in [0.5, 0.6) is 0 Å². The summed E-state index contributed by atoms with van der Waals surface area (Å²) >= 11 is 1.31. The molecule has 2 aromatic carbocycles. The van der Waals surface area contributed by atoms with Gasteiger partial charge < -0.3 is 20.4 Å². The number of urea groups is 1. The van der Waals surface area contributed by atoms with Crippen molar-refractivity contribution in [3.05, 3.63) is 58.9 Å². The normalized spacial score (nSPS) is 18.1. The Balaban J connectivity index is 1.50. The maximum Gasteiger partial charge on any atom is 0.334 e. The van der Waals surface area contributed by atoms with Crippen molar-refractivity contribution in [2.24, 2.45) is 11.3 Å². The Bertz CT molecular complexity index is 1410. The molecule has 0 radical (unpaired) electrons. The number of aliphatic carboxylic acids is 1. The maximum absolute atomic E-state index is 13.9. The van der Waals surface area contributed by atoms with E-state index in [0.717, 1.165) is 41.5 Å². The van der Waals surface area contributed by atoms with Crippen LogP contribution in [0.2, 0.25) is 0 Å². The summed E-state index contributed by atoms with van der Waals surface area (Å²) in [5, 5.41) is 23.9. The zero-order valence-corrected chi connectivity index (χ0v) is 24.6. The Morgan fingerprint density at radius 3 is 2.39 bits per heavy atom. The van der Waals surface area contributed by atoms with Crippen molar-refractivity contribution in [1.82, 2.24) is 15.2 Å². The summed E-state index contributed by atoms with van der Waals surface area (Å²) in [7, 11) is 0. The molecule has 0 unspecified atom stereocenters. The SMILES string of the molecule is Cc1cc(F)cc2nc(NC(=O)N(Cc3ccc(C(=O)NC[C@@H](O)C(=O)O)cc3)C3CCC(C(C)(C)C)CC3)sc12. The Morgan fingerprint density at radius 1 is 1.12 bits per heavy atom. The standard InChI is InChI=1S/C30H37FN4O5S/c1-17-13-21(31)14-23-25(17)41-28(33-23)34-29(40)35(22-11-9-20(10-12-22)30(2,3)4)16-18-5-7-19(8-6-18)26(37)32-15-24(36)27(38)39/h5-8,13-14,20,22,24,36H,9-12,15-16H2,1-4H3,(H,32,37)(H,38,39)(H,33,34,40)/t20?,22?,24-/m1/s1. The molecular weight excluding hydrogens is 547 g/mol. The molecule has 3 aromatic rings. The minimum atomic E-state index is -1.68. The van der Waals surface area contributed by atoms with E-state index in [4.69, 9.17) is 5.11 Å². The smallest absolute Gasteiger partial charge is 0.334 e. The van der Waals surface area contributed by atoms with E-state index < -0.39 is 24.5 Å². The van der Waals surface area contributed by atoms with Gasteiger partial charge in [0.15, 0.2) is 11.2 Å². The highest BCUT2D eigenvalue weighted by Gasteiger charge is 2.34. The van der Waals surface area contributed by atoms with E-state index in [0.29, 0.717) is 28.7 Å². The molecule has 0 spiro atoms. The Hall–Kier alpha value is -3.57. The van der Waals surface area contributed by atoms with Gasteiger partial charge in [-0.05, 0) is 73.3 Å². The van der Waals surface area contributed by atoms with E-state index in [1.165, 1.54) is 23.5 Å². The molecular formula is C30H37FN4O5S. The molecule has 1 aliphatic carbocycles. The Labute approximate surface area is 242 Å². The van der Waals surface area contributed by atoms with E-state index in [9.17, 15) is 23.9 Å². The van der Waals surface area contributed by atoms with E-state index >= 15 is 0 Å². The van der Waals surface area contributed by atoms with Crippen LogP contribution in [0, 0.1) is 24.1 Å². The van der Waals surface area contributed by atoms with Gasteiger partial charge in [-0.2, -0.15) is 0 Å². The van der Waals surface area contributed by atoms with Gasteiger partial charge in [0, 0.05) is 24.2 Å². The van der Waals surface area contributed by atoms with Crippen LogP contribution in [0.1, 0.15) is 67.9 Å². The largest absolute Gasteiger partial charge is 0.479 e. The highest BCUT2D eigenvalue weighted by Crippen LogP contribution is 2.39. The van der Waals surface area contributed by atoms with Crippen molar-refractivity contribution in [2.45, 2.75) is 72.1 Å². The second kappa shape index (κ2) is 12.5. The lowest BCUT2D eigenvalue weighted by Crippen LogP contribution is -2.45. The fourth-order valence-electron chi connectivity index (χ4n) is 5.33. The van der Waals surface area contributed by atoms with Gasteiger partial charge in [0.2, 0.25) is 0 Å². The molecule has 4 rings (SSSR count). The number of carbonyl (C=O) groups excluding carboxylic acids is 2. The number of hydrogen-bond acceptors (Lipinski definition) is 6. The van der Waals surface area contributed by atoms with Crippen molar-refractivity contribution < 1.29 is 29.0 Å². The summed E-state index contributed by atoms with van der Waals surface area (Å²) in [5.74, 6) is -1.72. The van der Waals surface area contributed by atoms with Gasteiger partial charge in [0.05, 0.1) is 16.8 Å². The third kappa shape index (κ3) is 7.59. The summed E-state index contributed by atoms with van der Waals surface area (Å²) in [6, 6.07) is 9.27. The molecule has 41 heavy (non-hydrogen) atoms. The monoisotopic (exact) mass is 584 g/mol. The predicted molar refractivity (Wildman–Crippen MR) is 156 cm³/mol.